The minimum atomic E-state index is -0.657. The molecule has 5 aromatic rings. The number of aromatic amines is 1. The fourth-order valence-electron chi connectivity index (χ4n) is 3.64. The van der Waals surface area contributed by atoms with E-state index in [2.05, 4.69) is 15.2 Å². The summed E-state index contributed by atoms with van der Waals surface area (Å²) in [5, 5.41) is 18.7. The number of fused-ring (bicyclic) bond motifs is 1. The fraction of sp³-hybridized carbons (Fsp3) is 0.0800. The number of rotatable bonds is 5. The van der Waals surface area contributed by atoms with E-state index in [1.807, 2.05) is 37.3 Å². The lowest BCUT2D eigenvalue weighted by Crippen LogP contribution is -1.98. The number of H-pyrrole nitrogens is 1. The monoisotopic (exact) mass is 492 g/mol. The Kier molecular flexibility index (Phi) is 5.70. The lowest BCUT2D eigenvalue weighted by atomic mass is 10.1. The maximum atomic E-state index is 15.3. The first kappa shape index (κ1) is 22.0. The number of para-hydroxylation sites is 1. The molecule has 0 saturated heterocycles. The van der Waals surface area contributed by atoms with Gasteiger partial charge in [-0.05, 0) is 42.8 Å². The van der Waals surface area contributed by atoms with Crippen LogP contribution in [0.15, 0.2) is 59.0 Å². The van der Waals surface area contributed by atoms with E-state index in [-0.39, 0.29) is 34.5 Å². The number of aromatic nitrogens is 3. The van der Waals surface area contributed by atoms with E-state index in [0.717, 1.165) is 16.5 Å². The van der Waals surface area contributed by atoms with Crippen LogP contribution in [0, 0.1) is 24.1 Å². The van der Waals surface area contributed by atoms with Gasteiger partial charge in [-0.3, -0.25) is 0 Å². The summed E-state index contributed by atoms with van der Waals surface area (Å²) in [6, 6.07) is 17.6. The Hall–Kier alpha value is -3.86. The standard InChI is InChI=1S/C25H15Cl2FN4O2/c1-13-8-14(12-29)10-16(9-13)33-24-18(26)7-6-15(22(24)28)11-20-31-32-25(34-20)23-21(27)17-4-2-3-5-19(17)30-23/h2-10,30H,11H2,1H3. The lowest BCUT2D eigenvalue weighted by molar-refractivity contribution is 0.436. The molecule has 2 heterocycles. The molecule has 0 amide bonds. The van der Waals surface area contributed by atoms with Gasteiger partial charge in [0, 0.05) is 16.5 Å². The molecule has 0 atom stereocenters. The third-order valence-corrected chi connectivity index (χ3v) is 5.88. The SMILES string of the molecule is Cc1cc(C#N)cc(Oc2c(Cl)ccc(Cc3nnc(-c4[nH]c5ccccc5c4Cl)o3)c2F)c1. The van der Waals surface area contributed by atoms with E-state index in [0.29, 0.717) is 22.0 Å². The summed E-state index contributed by atoms with van der Waals surface area (Å²) in [4.78, 5) is 3.16. The Morgan fingerprint density at radius 1 is 1.12 bits per heavy atom. The Balaban J connectivity index is 1.44. The first-order valence-corrected chi connectivity index (χ1v) is 10.9. The molecule has 0 aliphatic rings. The third-order valence-electron chi connectivity index (χ3n) is 5.19. The van der Waals surface area contributed by atoms with Gasteiger partial charge < -0.3 is 14.1 Å². The zero-order valence-corrected chi connectivity index (χ0v) is 19.2. The zero-order chi connectivity index (χ0) is 23.8. The largest absolute Gasteiger partial charge is 0.453 e. The first-order chi connectivity index (χ1) is 16.4. The fourth-order valence-corrected chi connectivity index (χ4v) is 4.11. The molecule has 3 aromatic carbocycles. The summed E-state index contributed by atoms with van der Waals surface area (Å²) in [5.74, 6) is -0.101. The van der Waals surface area contributed by atoms with Crippen LogP contribution in [0.25, 0.3) is 22.5 Å². The van der Waals surface area contributed by atoms with Crippen molar-refractivity contribution in [3.05, 3.63) is 93.0 Å². The molecule has 5 rings (SSSR count). The number of nitrogens with zero attached hydrogens (tertiary/aromatic N) is 3. The second-order valence-corrected chi connectivity index (χ2v) is 8.42. The summed E-state index contributed by atoms with van der Waals surface area (Å²) in [5.41, 5.74) is 2.79. The number of benzene rings is 3. The second-order valence-electron chi connectivity index (χ2n) is 7.64. The molecule has 0 aliphatic heterocycles. The minimum absolute atomic E-state index is 0.0153. The molecule has 0 aliphatic carbocycles. The van der Waals surface area contributed by atoms with E-state index >= 15 is 4.39 Å². The Morgan fingerprint density at radius 2 is 1.94 bits per heavy atom. The van der Waals surface area contributed by atoms with Crippen LogP contribution in [0.1, 0.15) is 22.6 Å². The molecule has 0 saturated carbocycles. The molecule has 6 nitrogen and oxygen atoms in total. The van der Waals surface area contributed by atoms with Crippen LogP contribution in [0.4, 0.5) is 4.39 Å². The van der Waals surface area contributed by atoms with Crippen LogP contribution in [0.2, 0.25) is 10.0 Å². The van der Waals surface area contributed by atoms with Crippen LogP contribution in [-0.4, -0.2) is 15.2 Å². The van der Waals surface area contributed by atoms with Gasteiger partial charge in [-0.2, -0.15) is 5.26 Å². The van der Waals surface area contributed by atoms with E-state index in [4.69, 9.17) is 32.4 Å². The quantitative estimate of drug-likeness (QED) is 0.279. The van der Waals surface area contributed by atoms with Crippen molar-refractivity contribution in [1.82, 2.24) is 15.2 Å². The molecule has 9 heteroatoms. The number of hydrogen-bond donors (Lipinski definition) is 1. The number of hydrogen-bond acceptors (Lipinski definition) is 5. The van der Waals surface area contributed by atoms with Crippen LogP contribution < -0.4 is 4.74 Å². The van der Waals surface area contributed by atoms with Crippen molar-refractivity contribution < 1.29 is 13.5 Å². The number of ether oxygens (including phenoxy) is 1. The lowest BCUT2D eigenvalue weighted by Gasteiger charge is -2.12. The summed E-state index contributed by atoms with van der Waals surface area (Å²) >= 11 is 12.7. The van der Waals surface area contributed by atoms with Gasteiger partial charge in [0.05, 0.1) is 28.1 Å². The van der Waals surface area contributed by atoms with E-state index in [1.54, 1.807) is 12.1 Å². The highest BCUT2D eigenvalue weighted by Crippen LogP contribution is 2.36. The number of halogens is 3. The Labute approximate surface area is 203 Å². The van der Waals surface area contributed by atoms with Gasteiger partial charge in [0.15, 0.2) is 11.6 Å². The Bertz CT molecular complexity index is 1590. The summed E-state index contributed by atoms with van der Waals surface area (Å²) < 4.78 is 26.8. The summed E-state index contributed by atoms with van der Waals surface area (Å²) in [6.45, 7) is 1.81. The van der Waals surface area contributed by atoms with Gasteiger partial charge in [-0.1, -0.05) is 47.5 Å². The van der Waals surface area contributed by atoms with Gasteiger partial charge in [0.2, 0.25) is 5.89 Å². The van der Waals surface area contributed by atoms with E-state index in [1.165, 1.54) is 18.2 Å². The minimum Gasteiger partial charge on any atom is -0.453 e. The normalized spacial score (nSPS) is 11.0. The number of nitrogens with one attached hydrogen (secondary N) is 1. The van der Waals surface area contributed by atoms with Crippen LogP contribution in [0.3, 0.4) is 0 Å². The smallest absolute Gasteiger partial charge is 0.265 e. The van der Waals surface area contributed by atoms with Crippen molar-refractivity contribution in [2.24, 2.45) is 0 Å². The van der Waals surface area contributed by atoms with Gasteiger partial charge in [-0.25, -0.2) is 4.39 Å². The highest BCUT2D eigenvalue weighted by atomic mass is 35.5. The molecular weight excluding hydrogens is 478 g/mol. The second kappa shape index (κ2) is 8.82. The first-order valence-electron chi connectivity index (χ1n) is 10.2. The molecule has 0 spiro atoms. The molecule has 0 unspecified atom stereocenters. The Morgan fingerprint density at radius 3 is 2.74 bits per heavy atom. The van der Waals surface area contributed by atoms with E-state index in [9.17, 15) is 5.26 Å². The highest BCUT2D eigenvalue weighted by molar-refractivity contribution is 6.38. The molecule has 0 fully saturated rings. The molecule has 0 bridgehead atoms. The van der Waals surface area contributed by atoms with Crippen molar-refractivity contribution in [3.8, 4) is 29.2 Å². The van der Waals surface area contributed by atoms with Crippen molar-refractivity contribution in [1.29, 1.82) is 5.26 Å². The maximum Gasteiger partial charge on any atom is 0.265 e. The topological polar surface area (TPSA) is 87.7 Å². The predicted molar refractivity (Wildman–Crippen MR) is 127 cm³/mol. The van der Waals surface area contributed by atoms with Gasteiger partial charge in [-0.15, -0.1) is 10.2 Å². The van der Waals surface area contributed by atoms with Gasteiger partial charge in [0.1, 0.15) is 11.4 Å². The molecule has 168 valence electrons. The average Bonchev–Trinajstić information content (AvgIpc) is 3.42. The summed E-state index contributed by atoms with van der Waals surface area (Å²) in [6.07, 6.45) is 0.0153. The third kappa shape index (κ3) is 4.10. The molecular formula is C25H15Cl2FN4O2. The highest BCUT2D eigenvalue weighted by Gasteiger charge is 2.20. The molecule has 1 N–H and O–H groups in total. The molecule has 2 aromatic heterocycles. The molecule has 0 radical (unpaired) electrons. The van der Waals surface area contributed by atoms with E-state index < -0.39 is 5.82 Å². The van der Waals surface area contributed by atoms with Crippen LogP contribution in [-0.2, 0) is 6.42 Å². The summed E-state index contributed by atoms with van der Waals surface area (Å²) in [7, 11) is 0. The van der Waals surface area contributed by atoms with Crippen molar-refractivity contribution in [2.75, 3.05) is 0 Å². The van der Waals surface area contributed by atoms with Gasteiger partial charge >= 0.3 is 0 Å². The maximum absolute atomic E-state index is 15.3. The van der Waals surface area contributed by atoms with Crippen molar-refractivity contribution >= 4 is 34.1 Å². The number of aryl methyl sites for hydroxylation is 1. The van der Waals surface area contributed by atoms with Crippen LogP contribution in [0.5, 0.6) is 11.5 Å². The zero-order valence-electron chi connectivity index (χ0n) is 17.7. The van der Waals surface area contributed by atoms with Crippen LogP contribution >= 0.6 is 23.2 Å². The van der Waals surface area contributed by atoms with Crippen molar-refractivity contribution in [3.63, 3.8) is 0 Å². The average molecular weight is 493 g/mol. The predicted octanol–water partition coefficient (Wildman–Crippen LogP) is 7.23. The molecule has 34 heavy (non-hydrogen) atoms. The van der Waals surface area contributed by atoms with Gasteiger partial charge in [0.25, 0.3) is 5.89 Å². The number of nitriles is 1. The van der Waals surface area contributed by atoms with Crippen molar-refractivity contribution in [2.45, 2.75) is 13.3 Å².